The van der Waals surface area contributed by atoms with Crippen molar-refractivity contribution < 1.29 is 4.74 Å². The number of hydrogen-bond acceptors (Lipinski definition) is 2. The molecular formula is C14H27NO. The van der Waals surface area contributed by atoms with Crippen molar-refractivity contribution in [3.05, 3.63) is 0 Å². The van der Waals surface area contributed by atoms with Gasteiger partial charge in [-0.05, 0) is 51.9 Å². The summed E-state index contributed by atoms with van der Waals surface area (Å²) in [5.41, 5.74) is 6.28. The molecule has 2 aliphatic rings. The van der Waals surface area contributed by atoms with Gasteiger partial charge in [-0.3, -0.25) is 0 Å². The lowest BCUT2D eigenvalue weighted by Crippen LogP contribution is -2.35. The van der Waals surface area contributed by atoms with Crippen molar-refractivity contribution in [2.24, 2.45) is 5.73 Å². The van der Waals surface area contributed by atoms with Gasteiger partial charge in [0.15, 0.2) is 0 Å². The van der Waals surface area contributed by atoms with Gasteiger partial charge in [-0.2, -0.15) is 0 Å². The van der Waals surface area contributed by atoms with E-state index in [0.717, 1.165) is 12.8 Å². The second-order valence-electron chi connectivity index (χ2n) is 6.10. The molecule has 0 amide bonds. The fourth-order valence-corrected chi connectivity index (χ4v) is 3.10. The molecular weight excluding hydrogens is 198 g/mol. The highest BCUT2D eigenvalue weighted by molar-refractivity contribution is 4.84. The van der Waals surface area contributed by atoms with Gasteiger partial charge in [0.25, 0.3) is 0 Å². The van der Waals surface area contributed by atoms with E-state index in [1.54, 1.807) is 0 Å². The summed E-state index contributed by atoms with van der Waals surface area (Å²) in [5.74, 6) is 0. The lowest BCUT2D eigenvalue weighted by molar-refractivity contribution is -0.0363. The van der Waals surface area contributed by atoms with Crippen molar-refractivity contribution in [2.45, 2.75) is 88.9 Å². The van der Waals surface area contributed by atoms with Gasteiger partial charge in [-0.1, -0.05) is 19.3 Å². The standard InChI is InChI=1S/C14H27NO/c1-14(15)10-5-8-13(9-11-14)16-12-6-3-2-4-7-12/h12-13H,2-11,15H2,1H3. The molecule has 0 bridgehead atoms. The van der Waals surface area contributed by atoms with Gasteiger partial charge < -0.3 is 10.5 Å². The average molecular weight is 225 g/mol. The Balaban J connectivity index is 1.76. The molecule has 2 heteroatoms. The number of rotatable bonds is 2. The summed E-state index contributed by atoms with van der Waals surface area (Å²) in [6, 6.07) is 0. The van der Waals surface area contributed by atoms with Gasteiger partial charge in [0.05, 0.1) is 12.2 Å². The van der Waals surface area contributed by atoms with Crippen LogP contribution in [0.3, 0.4) is 0 Å². The quantitative estimate of drug-likeness (QED) is 0.731. The molecule has 0 aromatic rings. The molecule has 2 nitrogen and oxygen atoms in total. The van der Waals surface area contributed by atoms with Crippen LogP contribution < -0.4 is 5.73 Å². The van der Waals surface area contributed by atoms with Gasteiger partial charge in [0.2, 0.25) is 0 Å². The molecule has 0 saturated heterocycles. The number of hydrogen-bond donors (Lipinski definition) is 1. The molecule has 94 valence electrons. The summed E-state index contributed by atoms with van der Waals surface area (Å²) < 4.78 is 6.25. The molecule has 2 aliphatic carbocycles. The van der Waals surface area contributed by atoms with Crippen LogP contribution >= 0.6 is 0 Å². The first-order chi connectivity index (χ1) is 7.66. The van der Waals surface area contributed by atoms with E-state index in [1.165, 1.54) is 51.4 Å². The molecule has 0 spiro atoms. The summed E-state index contributed by atoms with van der Waals surface area (Å²) in [4.78, 5) is 0. The van der Waals surface area contributed by atoms with Crippen LogP contribution in [0.25, 0.3) is 0 Å². The minimum atomic E-state index is 0.0602. The topological polar surface area (TPSA) is 35.2 Å². The summed E-state index contributed by atoms with van der Waals surface area (Å²) in [5, 5.41) is 0. The van der Waals surface area contributed by atoms with Crippen LogP contribution in [0.4, 0.5) is 0 Å². The Labute approximate surface area is 99.9 Å². The number of ether oxygens (including phenoxy) is 1. The van der Waals surface area contributed by atoms with E-state index in [4.69, 9.17) is 10.5 Å². The maximum atomic E-state index is 6.25. The summed E-state index contributed by atoms with van der Waals surface area (Å²) in [6.45, 7) is 2.19. The molecule has 2 atom stereocenters. The number of nitrogens with two attached hydrogens (primary N) is 1. The second-order valence-corrected chi connectivity index (χ2v) is 6.10. The van der Waals surface area contributed by atoms with Crippen LogP contribution in [0.15, 0.2) is 0 Å². The van der Waals surface area contributed by atoms with E-state index in [0.29, 0.717) is 12.2 Å². The molecule has 0 aromatic heterocycles. The van der Waals surface area contributed by atoms with Crippen molar-refractivity contribution in [2.75, 3.05) is 0 Å². The normalized spacial score (nSPS) is 38.2. The second kappa shape index (κ2) is 5.50. The zero-order valence-corrected chi connectivity index (χ0v) is 10.7. The zero-order valence-electron chi connectivity index (χ0n) is 10.7. The van der Waals surface area contributed by atoms with Gasteiger partial charge in [0, 0.05) is 5.54 Å². The molecule has 0 radical (unpaired) electrons. The van der Waals surface area contributed by atoms with Gasteiger partial charge in [-0.15, -0.1) is 0 Å². The monoisotopic (exact) mass is 225 g/mol. The summed E-state index contributed by atoms with van der Waals surface area (Å²) in [7, 11) is 0. The minimum absolute atomic E-state index is 0.0602. The average Bonchev–Trinajstić information content (AvgIpc) is 2.42. The van der Waals surface area contributed by atoms with Crippen molar-refractivity contribution in [1.82, 2.24) is 0 Å². The fourth-order valence-electron chi connectivity index (χ4n) is 3.10. The highest BCUT2D eigenvalue weighted by Gasteiger charge is 2.27. The molecule has 0 heterocycles. The van der Waals surface area contributed by atoms with E-state index < -0.39 is 0 Å². The highest BCUT2D eigenvalue weighted by atomic mass is 16.5. The summed E-state index contributed by atoms with van der Waals surface area (Å²) in [6.07, 6.45) is 13.7. The Morgan fingerprint density at radius 3 is 2.25 bits per heavy atom. The predicted molar refractivity (Wildman–Crippen MR) is 67.4 cm³/mol. The fraction of sp³-hybridized carbons (Fsp3) is 1.00. The largest absolute Gasteiger partial charge is 0.375 e. The first kappa shape index (κ1) is 12.4. The SMILES string of the molecule is CC1(N)CCCC(OC2CCCCC2)CC1. The minimum Gasteiger partial charge on any atom is -0.375 e. The Hall–Kier alpha value is -0.0800. The van der Waals surface area contributed by atoms with E-state index in [9.17, 15) is 0 Å². The van der Waals surface area contributed by atoms with Crippen molar-refractivity contribution in [3.63, 3.8) is 0 Å². The lowest BCUT2D eigenvalue weighted by Gasteiger charge is -2.27. The maximum Gasteiger partial charge on any atom is 0.0579 e. The van der Waals surface area contributed by atoms with Crippen molar-refractivity contribution in [3.8, 4) is 0 Å². The van der Waals surface area contributed by atoms with Crippen LogP contribution in [-0.4, -0.2) is 17.7 Å². The first-order valence-corrected chi connectivity index (χ1v) is 7.10. The van der Waals surface area contributed by atoms with E-state index in [2.05, 4.69) is 6.92 Å². The van der Waals surface area contributed by atoms with E-state index in [1.807, 2.05) is 0 Å². The van der Waals surface area contributed by atoms with Crippen LogP contribution in [0, 0.1) is 0 Å². The van der Waals surface area contributed by atoms with Crippen LogP contribution in [0.2, 0.25) is 0 Å². The van der Waals surface area contributed by atoms with Gasteiger partial charge in [-0.25, -0.2) is 0 Å². The lowest BCUT2D eigenvalue weighted by atomic mass is 9.94. The molecule has 2 fully saturated rings. The summed E-state index contributed by atoms with van der Waals surface area (Å²) >= 11 is 0. The molecule has 2 unspecified atom stereocenters. The molecule has 0 aliphatic heterocycles. The van der Waals surface area contributed by atoms with Crippen LogP contribution in [-0.2, 0) is 4.74 Å². The first-order valence-electron chi connectivity index (χ1n) is 7.10. The third-order valence-electron chi connectivity index (χ3n) is 4.25. The molecule has 2 rings (SSSR count). The Morgan fingerprint density at radius 2 is 1.50 bits per heavy atom. The molecule has 2 saturated carbocycles. The Bertz CT molecular complexity index is 209. The third kappa shape index (κ3) is 3.74. The maximum absolute atomic E-state index is 6.25. The van der Waals surface area contributed by atoms with Crippen LogP contribution in [0.5, 0.6) is 0 Å². The van der Waals surface area contributed by atoms with Gasteiger partial charge >= 0.3 is 0 Å². The predicted octanol–water partition coefficient (Wildman–Crippen LogP) is 3.39. The highest BCUT2D eigenvalue weighted by Crippen LogP contribution is 2.29. The van der Waals surface area contributed by atoms with Crippen molar-refractivity contribution >= 4 is 0 Å². The van der Waals surface area contributed by atoms with Gasteiger partial charge in [0.1, 0.15) is 0 Å². The van der Waals surface area contributed by atoms with E-state index in [-0.39, 0.29) is 5.54 Å². The Kier molecular flexibility index (Phi) is 4.26. The third-order valence-corrected chi connectivity index (χ3v) is 4.25. The van der Waals surface area contributed by atoms with E-state index >= 15 is 0 Å². The van der Waals surface area contributed by atoms with Crippen molar-refractivity contribution in [1.29, 1.82) is 0 Å². The molecule has 16 heavy (non-hydrogen) atoms. The molecule has 2 N–H and O–H groups in total. The van der Waals surface area contributed by atoms with Crippen LogP contribution in [0.1, 0.15) is 71.1 Å². The smallest absolute Gasteiger partial charge is 0.0579 e. The zero-order chi connectivity index (χ0) is 11.4. The Morgan fingerprint density at radius 1 is 0.875 bits per heavy atom. The molecule has 0 aromatic carbocycles.